The highest BCUT2D eigenvalue weighted by molar-refractivity contribution is 5.92. The van der Waals surface area contributed by atoms with Gasteiger partial charge in [0.15, 0.2) is 0 Å². The lowest BCUT2D eigenvalue weighted by atomic mass is 10.00. The molecule has 1 amide bonds. The Bertz CT molecular complexity index is 669. The maximum atomic E-state index is 12.4. The summed E-state index contributed by atoms with van der Waals surface area (Å²) in [7, 11) is 0. The Hall–Kier alpha value is -2.36. The molecular formula is C20H25N3O. The number of anilines is 1. The molecule has 0 bridgehead atoms. The Kier molecular flexibility index (Phi) is 5.14. The van der Waals surface area contributed by atoms with E-state index in [9.17, 15) is 4.79 Å². The van der Waals surface area contributed by atoms with E-state index in [-0.39, 0.29) is 11.9 Å². The van der Waals surface area contributed by atoms with E-state index in [4.69, 9.17) is 0 Å². The van der Waals surface area contributed by atoms with E-state index in [2.05, 4.69) is 22.1 Å². The first kappa shape index (κ1) is 16.5. The second kappa shape index (κ2) is 7.47. The van der Waals surface area contributed by atoms with Gasteiger partial charge in [-0.1, -0.05) is 37.3 Å². The van der Waals surface area contributed by atoms with Crippen LogP contribution in [0.3, 0.4) is 0 Å². The SMILES string of the molecule is CC1CCCN(c2ccc(C(=O)NC(C)c3ccccc3)nc2)C1. The summed E-state index contributed by atoms with van der Waals surface area (Å²) in [6.07, 6.45) is 4.33. The summed E-state index contributed by atoms with van der Waals surface area (Å²) in [5.41, 5.74) is 2.66. The highest BCUT2D eigenvalue weighted by Gasteiger charge is 2.18. The summed E-state index contributed by atoms with van der Waals surface area (Å²) < 4.78 is 0. The molecule has 1 aromatic carbocycles. The van der Waals surface area contributed by atoms with Crippen molar-refractivity contribution in [2.24, 2.45) is 5.92 Å². The Morgan fingerprint density at radius 1 is 1.25 bits per heavy atom. The first-order chi connectivity index (χ1) is 11.6. The normalized spacial score (nSPS) is 18.9. The van der Waals surface area contributed by atoms with Crippen molar-refractivity contribution in [2.45, 2.75) is 32.7 Å². The topological polar surface area (TPSA) is 45.2 Å². The zero-order valence-electron chi connectivity index (χ0n) is 14.4. The van der Waals surface area contributed by atoms with Gasteiger partial charge in [-0.05, 0) is 43.4 Å². The number of aromatic nitrogens is 1. The van der Waals surface area contributed by atoms with Crippen LogP contribution in [-0.4, -0.2) is 24.0 Å². The average molecular weight is 323 g/mol. The summed E-state index contributed by atoms with van der Waals surface area (Å²) in [5, 5.41) is 3.00. The van der Waals surface area contributed by atoms with Crippen molar-refractivity contribution < 1.29 is 4.79 Å². The van der Waals surface area contributed by atoms with Crippen molar-refractivity contribution in [2.75, 3.05) is 18.0 Å². The molecule has 4 nitrogen and oxygen atoms in total. The summed E-state index contributed by atoms with van der Waals surface area (Å²) in [6.45, 7) is 6.41. The van der Waals surface area contributed by atoms with Crippen molar-refractivity contribution in [3.05, 3.63) is 59.9 Å². The minimum absolute atomic E-state index is 0.0388. The molecule has 1 saturated heterocycles. The molecule has 4 heteroatoms. The predicted molar refractivity (Wildman–Crippen MR) is 97.2 cm³/mol. The fourth-order valence-electron chi connectivity index (χ4n) is 3.23. The molecule has 24 heavy (non-hydrogen) atoms. The monoisotopic (exact) mass is 323 g/mol. The lowest BCUT2D eigenvalue weighted by molar-refractivity contribution is 0.0935. The van der Waals surface area contributed by atoms with E-state index in [1.165, 1.54) is 12.8 Å². The lowest BCUT2D eigenvalue weighted by Crippen LogP contribution is -2.34. The van der Waals surface area contributed by atoms with E-state index in [1.807, 2.05) is 55.6 Å². The minimum Gasteiger partial charge on any atom is -0.370 e. The van der Waals surface area contributed by atoms with Crippen molar-refractivity contribution in [1.29, 1.82) is 0 Å². The molecular weight excluding hydrogens is 298 g/mol. The van der Waals surface area contributed by atoms with Gasteiger partial charge in [-0.3, -0.25) is 4.79 Å². The molecule has 126 valence electrons. The molecule has 0 aliphatic carbocycles. The van der Waals surface area contributed by atoms with Gasteiger partial charge in [0.25, 0.3) is 5.91 Å². The summed E-state index contributed by atoms with van der Waals surface area (Å²) in [4.78, 5) is 19.1. The number of carbonyl (C=O) groups is 1. The maximum absolute atomic E-state index is 12.4. The number of nitrogens with zero attached hydrogens (tertiary/aromatic N) is 2. The number of benzene rings is 1. The Labute approximate surface area is 143 Å². The minimum atomic E-state index is -0.134. The highest BCUT2D eigenvalue weighted by atomic mass is 16.1. The van der Waals surface area contributed by atoms with Crippen LogP contribution >= 0.6 is 0 Å². The van der Waals surface area contributed by atoms with Gasteiger partial charge < -0.3 is 10.2 Å². The highest BCUT2D eigenvalue weighted by Crippen LogP contribution is 2.22. The molecule has 3 rings (SSSR count). The van der Waals surface area contributed by atoms with Crippen LogP contribution in [-0.2, 0) is 0 Å². The number of hydrogen-bond donors (Lipinski definition) is 1. The van der Waals surface area contributed by atoms with Crippen LogP contribution in [0.1, 0.15) is 48.8 Å². The van der Waals surface area contributed by atoms with Gasteiger partial charge in [-0.15, -0.1) is 0 Å². The maximum Gasteiger partial charge on any atom is 0.270 e. The van der Waals surface area contributed by atoms with E-state index < -0.39 is 0 Å². The smallest absolute Gasteiger partial charge is 0.270 e. The van der Waals surface area contributed by atoms with E-state index in [0.717, 1.165) is 24.3 Å². The fraction of sp³-hybridized carbons (Fsp3) is 0.400. The summed E-state index contributed by atoms with van der Waals surface area (Å²) in [6, 6.07) is 13.7. The number of carbonyl (C=O) groups excluding carboxylic acids is 1. The molecule has 0 radical (unpaired) electrons. The molecule has 0 saturated carbocycles. The predicted octanol–water partition coefficient (Wildman–Crippen LogP) is 3.81. The molecule has 2 unspecified atom stereocenters. The summed E-state index contributed by atoms with van der Waals surface area (Å²) in [5.74, 6) is 0.582. The Morgan fingerprint density at radius 2 is 2.04 bits per heavy atom. The first-order valence-corrected chi connectivity index (χ1v) is 8.70. The molecule has 1 aliphatic rings. The van der Waals surface area contributed by atoms with Gasteiger partial charge in [0.2, 0.25) is 0 Å². The lowest BCUT2D eigenvalue weighted by Gasteiger charge is -2.32. The van der Waals surface area contributed by atoms with E-state index >= 15 is 0 Å². The van der Waals surface area contributed by atoms with Gasteiger partial charge in [-0.25, -0.2) is 4.98 Å². The zero-order chi connectivity index (χ0) is 16.9. The summed E-state index contributed by atoms with van der Waals surface area (Å²) >= 11 is 0. The van der Waals surface area contributed by atoms with Crippen LogP contribution in [0.15, 0.2) is 48.7 Å². The van der Waals surface area contributed by atoms with Crippen molar-refractivity contribution in [3.63, 3.8) is 0 Å². The molecule has 0 spiro atoms. The number of amides is 1. The molecule has 1 N–H and O–H groups in total. The van der Waals surface area contributed by atoms with Gasteiger partial charge in [0.1, 0.15) is 5.69 Å². The number of hydrogen-bond acceptors (Lipinski definition) is 3. The third kappa shape index (κ3) is 3.94. The van der Waals surface area contributed by atoms with E-state index in [0.29, 0.717) is 11.6 Å². The number of piperidine rings is 1. The second-order valence-corrected chi connectivity index (χ2v) is 6.70. The van der Waals surface area contributed by atoms with Crippen LogP contribution in [0.25, 0.3) is 0 Å². The van der Waals surface area contributed by atoms with Gasteiger partial charge in [-0.2, -0.15) is 0 Å². The Balaban J connectivity index is 1.63. The first-order valence-electron chi connectivity index (χ1n) is 8.70. The van der Waals surface area contributed by atoms with Crippen molar-refractivity contribution >= 4 is 11.6 Å². The standard InChI is InChI=1S/C20H25N3O/c1-15-7-6-12-23(14-15)18-10-11-19(21-13-18)20(24)22-16(2)17-8-4-3-5-9-17/h3-5,8-11,13,15-16H,6-7,12,14H2,1-2H3,(H,22,24). The van der Waals surface area contributed by atoms with Crippen LogP contribution in [0.2, 0.25) is 0 Å². The van der Waals surface area contributed by atoms with Crippen molar-refractivity contribution in [3.8, 4) is 0 Å². The molecule has 1 aromatic heterocycles. The van der Waals surface area contributed by atoms with Crippen LogP contribution in [0, 0.1) is 5.92 Å². The molecule has 1 aliphatic heterocycles. The quantitative estimate of drug-likeness (QED) is 0.930. The zero-order valence-corrected chi connectivity index (χ0v) is 14.4. The van der Waals surface area contributed by atoms with Gasteiger partial charge >= 0.3 is 0 Å². The number of nitrogens with one attached hydrogen (secondary N) is 1. The van der Waals surface area contributed by atoms with Crippen LogP contribution in [0.5, 0.6) is 0 Å². The number of pyridine rings is 1. The average Bonchev–Trinajstić information content (AvgIpc) is 2.62. The van der Waals surface area contributed by atoms with Gasteiger partial charge in [0.05, 0.1) is 17.9 Å². The van der Waals surface area contributed by atoms with Crippen LogP contribution in [0.4, 0.5) is 5.69 Å². The Morgan fingerprint density at radius 3 is 2.71 bits per heavy atom. The molecule has 2 heterocycles. The van der Waals surface area contributed by atoms with Crippen LogP contribution < -0.4 is 10.2 Å². The molecule has 2 atom stereocenters. The third-order valence-electron chi connectivity index (χ3n) is 4.65. The number of rotatable bonds is 4. The van der Waals surface area contributed by atoms with Gasteiger partial charge in [0, 0.05) is 13.1 Å². The fourth-order valence-corrected chi connectivity index (χ4v) is 3.23. The molecule has 2 aromatic rings. The largest absolute Gasteiger partial charge is 0.370 e. The van der Waals surface area contributed by atoms with Crippen molar-refractivity contribution in [1.82, 2.24) is 10.3 Å². The van der Waals surface area contributed by atoms with E-state index in [1.54, 1.807) is 0 Å². The third-order valence-corrected chi connectivity index (χ3v) is 4.65. The molecule has 1 fully saturated rings. The second-order valence-electron chi connectivity index (χ2n) is 6.70.